The van der Waals surface area contributed by atoms with Crippen LogP contribution in [0.25, 0.3) is 6.08 Å². The van der Waals surface area contributed by atoms with E-state index < -0.39 is 31.5 Å². The van der Waals surface area contributed by atoms with Crippen molar-refractivity contribution in [2.24, 2.45) is 0 Å². The van der Waals surface area contributed by atoms with Crippen molar-refractivity contribution >= 4 is 33.4 Å². The van der Waals surface area contributed by atoms with E-state index in [1.807, 2.05) is 0 Å². The number of hydrogen-bond donors (Lipinski definition) is 2. The average molecular weight is 348 g/mol. The highest BCUT2D eigenvalue weighted by molar-refractivity contribution is 7.92. The number of nitrogens with one attached hydrogen (secondary N) is 1. The monoisotopic (exact) mass is 348 g/mol. The largest absolute Gasteiger partial charge is 0.478 e. The second-order valence-electron chi connectivity index (χ2n) is 4.63. The smallest absolute Gasteiger partial charge is 0.328 e. The Bertz CT molecular complexity index is 921. The molecule has 24 heavy (non-hydrogen) atoms. The molecule has 8 nitrogen and oxygen atoms in total. The van der Waals surface area contributed by atoms with E-state index in [-0.39, 0.29) is 5.69 Å². The summed E-state index contributed by atoms with van der Waals surface area (Å²) < 4.78 is 27.0. The van der Waals surface area contributed by atoms with Crippen LogP contribution in [0.4, 0.5) is 11.4 Å². The van der Waals surface area contributed by atoms with Gasteiger partial charge in [0.1, 0.15) is 0 Å². The van der Waals surface area contributed by atoms with Crippen LogP contribution in [0.1, 0.15) is 5.56 Å². The van der Waals surface area contributed by atoms with Gasteiger partial charge in [0.25, 0.3) is 15.7 Å². The molecule has 0 amide bonds. The maximum Gasteiger partial charge on any atom is 0.328 e. The zero-order valence-corrected chi connectivity index (χ0v) is 12.9. The van der Waals surface area contributed by atoms with Crippen molar-refractivity contribution < 1.29 is 23.2 Å². The summed E-state index contributed by atoms with van der Waals surface area (Å²) in [5, 5.41) is 19.6. The summed E-state index contributed by atoms with van der Waals surface area (Å²) in [5.74, 6) is -1.14. The fraction of sp³-hybridized carbons (Fsp3) is 0. The summed E-state index contributed by atoms with van der Waals surface area (Å²) in [7, 11) is -4.17. The molecule has 0 heterocycles. The first-order valence-electron chi connectivity index (χ1n) is 6.57. The average Bonchev–Trinajstić information content (AvgIpc) is 2.53. The van der Waals surface area contributed by atoms with Crippen molar-refractivity contribution in [3.63, 3.8) is 0 Å². The number of para-hydroxylation sites is 1. The highest BCUT2D eigenvalue weighted by Crippen LogP contribution is 2.25. The summed E-state index contributed by atoms with van der Waals surface area (Å²) >= 11 is 0. The first kappa shape index (κ1) is 17.2. The van der Waals surface area contributed by atoms with Crippen LogP contribution in [-0.2, 0) is 14.8 Å². The van der Waals surface area contributed by atoms with Crippen LogP contribution in [0.15, 0.2) is 59.5 Å². The Morgan fingerprint density at radius 2 is 1.88 bits per heavy atom. The van der Waals surface area contributed by atoms with E-state index in [0.29, 0.717) is 5.56 Å². The molecule has 2 aromatic rings. The molecule has 0 spiro atoms. The molecule has 0 atom stereocenters. The summed E-state index contributed by atoms with van der Waals surface area (Å²) in [6, 6.07) is 11.0. The van der Waals surface area contributed by atoms with Gasteiger partial charge in [0, 0.05) is 17.8 Å². The number of rotatable bonds is 6. The first-order chi connectivity index (χ1) is 11.3. The van der Waals surface area contributed by atoms with Crippen molar-refractivity contribution in [3.8, 4) is 0 Å². The molecule has 2 N–H and O–H groups in total. The Hall–Kier alpha value is -3.20. The topological polar surface area (TPSA) is 127 Å². The third-order valence-electron chi connectivity index (χ3n) is 2.91. The molecule has 0 radical (unpaired) electrons. The number of anilines is 1. The third-order valence-corrected chi connectivity index (χ3v) is 4.34. The standard InChI is InChI=1S/C15H12N2O6S/c18-15(19)9-8-11-4-3-5-12(10-11)16-24(22,23)14-7-2-1-6-13(14)17(20)21/h1-10,16H,(H,18,19)/b9-8-. The Kier molecular flexibility index (Phi) is 4.95. The van der Waals surface area contributed by atoms with E-state index in [1.54, 1.807) is 6.07 Å². The van der Waals surface area contributed by atoms with Gasteiger partial charge in [0.2, 0.25) is 0 Å². The highest BCUT2D eigenvalue weighted by Gasteiger charge is 2.25. The van der Waals surface area contributed by atoms with Crippen molar-refractivity contribution in [1.29, 1.82) is 0 Å². The van der Waals surface area contributed by atoms with Gasteiger partial charge < -0.3 is 5.11 Å². The molecule has 0 unspecified atom stereocenters. The molecule has 0 aromatic heterocycles. The number of benzene rings is 2. The van der Waals surface area contributed by atoms with E-state index in [1.165, 1.54) is 36.4 Å². The van der Waals surface area contributed by atoms with Gasteiger partial charge >= 0.3 is 5.97 Å². The molecule has 0 aliphatic heterocycles. The number of hydrogen-bond acceptors (Lipinski definition) is 5. The van der Waals surface area contributed by atoms with Crippen LogP contribution in [0.2, 0.25) is 0 Å². The predicted molar refractivity (Wildman–Crippen MR) is 87.0 cm³/mol. The highest BCUT2D eigenvalue weighted by atomic mass is 32.2. The number of nitrogens with zero attached hydrogens (tertiary/aromatic N) is 1. The lowest BCUT2D eigenvalue weighted by molar-refractivity contribution is -0.387. The fourth-order valence-corrected chi connectivity index (χ4v) is 3.14. The fourth-order valence-electron chi connectivity index (χ4n) is 1.92. The number of nitro groups is 1. The van der Waals surface area contributed by atoms with Gasteiger partial charge in [-0.1, -0.05) is 24.3 Å². The van der Waals surface area contributed by atoms with E-state index in [9.17, 15) is 23.3 Å². The zero-order valence-electron chi connectivity index (χ0n) is 12.1. The number of carbonyl (C=O) groups is 1. The minimum Gasteiger partial charge on any atom is -0.478 e. The van der Waals surface area contributed by atoms with Gasteiger partial charge in [-0.3, -0.25) is 14.8 Å². The van der Waals surface area contributed by atoms with Crippen LogP contribution in [-0.4, -0.2) is 24.4 Å². The Morgan fingerprint density at radius 3 is 2.54 bits per heavy atom. The molecule has 0 saturated carbocycles. The molecule has 0 saturated heterocycles. The maximum atomic E-state index is 12.4. The number of carboxylic acids is 1. The lowest BCUT2D eigenvalue weighted by Crippen LogP contribution is -2.14. The minimum atomic E-state index is -4.17. The third kappa shape index (κ3) is 4.17. The van der Waals surface area contributed by atoms with Crippen LogP contribution in [0, 0.1) is 10.1 Å². The molecule has 124 valence electrons. The maximum absolute atomic E-state index is 12.4. The Morgan fingerprint density at radius 1 is 1.17 bits per heavy atom. The SMILES string of the molecule is O=C(O)/C=C\c1cccc(NS(=O)(=O)c2ccccc2[N+](=O)[O-])c1. The number of aliphatic carboxylic acids is 1. The van der Waals surface area contributed by atoms with Crippen LogP contribution < -0.4 is 4.72 Å². The molecule has 9 heteroatoms. The van der Waals surface area contributed by atoms with E-state index in [0.717, 1.165) is 18.2 Å². The molecular formula is C15H12N2O6S. The van der Waals surface area contributed by atoms with Gasteiger partial charge in [0.05, 0.1) is 4.92 Å². The summed E-state index contributed by atoms with van der Waals surface area (Å²) in [4.78, 5) is 20.2. The molecule has 0 aliphatic rings. The predicted octanol–water partition coefficient (Wildman–Crippen LogP) is 2.49. The number of carboxylic acid groups (broad SMARTS) is 1. The number of sulfonamides is 1. The lowest BCUT2D eigenvalue weighted by Gasteiger charge is -2.09. The molecule has 0 fully saturated rings. The van der Waals surface area contributed by atoms with Gasteiger partial charge in [-0.25, -0.2) is 13.2 Å². The zero-order chi connectivity index (χ0) is 17.7. The second kappa shape index (κ2) is 6.92. The van der Waals surface area contributed by atoms with Crippen molar-refractivity contribution in [1.82, 2.24) is 0 Å². The van der Waals surface area contributed by atoms with Crippen molar-refractivity contribution in [2.75, 3.05) is 4.72 Å². The second-order valence-corrected chi connectivity index (χ2v) is 6.28. The van der Waals surface area contributed by atoms with Crippen LogP contribution in [0.3, 0.4) is 0 Å². The molecule has 2 rings (SSSR count). The van der Waals surface area contributed by atoms with Crippen LogP contribution in [0.5, 0.6) is 0 Å². The molecular weight excluding hydrogens is 336 g/mol. The Labute approximate surface area is 137 Å². The summed E-state index contributed by atoms with van der Waals surface area (Å²) in [6.07, 6.45) is 2.21. The minimum absolute atomic E-state index is 0.153. The van der Waals surface area contributed by atoms with Crippen molar-refractivity contribution in [2.45, 2.75) is 4.90 Å². The molecule has 0 aliphatic carbocycles. The van der Waals surface area contributed by atoms with Gasteiger partial charge in [0.15, 0.2) is 4.90 Å². The quantitative estimate of drug-likeness (QED) is 0.469. The molecule has 0 bridgehead atoms. The molecule has 2 aromatic carbocycles. The van der Waals surface area contributed by atoms with Gasteiger partial charge in [-0.05, 0) is 29.8 Å². The normalized spacial score (nSPS) is 11.3. The Balaban J connectivity index is 2.35. The van der Waals surface area contributed by atoms with Crippen molar-refractivity contribution in [3.05, 3.63) is 70.3 Å². The summed E-state index contributed by atoms with van der Waals surface area (Å²) in [5.41, 5.74) is 0.0766. The summed E-state index contributed by atoms with van der Waals surface area (Å²) in [6.45, 7) is 0. The van der Waals surface area contributed by atoms with Crippen LogP contribution >= 0.6 is 0 Å². The first-order valence-corrected chi connectivity index (χ1v) is 8.05. The van der Waals surface area contributed by atoms with Gasteiger partial charge in [-0.2, -0.15) is 0 Å². The van der Waals surface area contributed by atoms with Gasteiger partial charge in [-0.15, -0.1) is 0 Å². The van der Waals surface area contributed by atoms with E-state index >= 15 is 0 Å². The number of nitro benzene ring substituents is 1. The lowest BCUT2D eigenvalue weighted by atomic mass is 10.2. The van der Waals surface area contributed by atoms with E-state index in [4.69, 9.17) is 5.11 Å². The van der Waals surface area contributed by atoms with E-state index in [2.05, 4.69) is 4.72 Å².